The highest BCUT2D eigenvalue weighted by atomic mass is 14.4. The largest absolute Gasteiger partial charge is 0.333 e. The molecule has 2 rings (SSSR count). The van der Waals surface area contributed by atoms with Crippen LogP contribution in [-0.2, 0) is 0 Å². The second kappa shape index (κ2) is 5.89. The summed E-state index contributed by atoms with van der Waals surface area (Å²) in [5.74, 6) is 2.04. The monoisotopic (exact) mass is 211 g/mol. The van der Waals surface area contributed by atoms with Crippen LogP contribution in [0.1, 0.15) is 65.2 Å². The average Bonchev–Trinajstić information content (AvgIpc) is 2.30. The van der Waals surface area contributed by atoms with Crippen LogP contribution in [0, 0.1) is 17.3 Å². The molecule has 15 heavy (non-hydrogen) atoms. The van der Waals surface area contributed by atoms with E-state index in [9.17, 15) is 0 Å². The van der Waals surface area contributed by atoms with Gasteiger partial charge in [0.15, 0.2) is 0 Å². The lowest BCUT2D eigenvalue weighted by Crippen LogP contribution is -2.30. The van der Waals surface area contributed by atoms with Crippen LogP contribution >= 0.6 is 0 Å². The van der Waals surface area contributed by atoms with Crippen LogP contribution in [0.4, 0.5) is 0 Å². The van der Waals surface area contributed by atoms with E-state index in [1.165, 1.54) is 32.7 Å². The molecule has 1 nitrogen and oxygen atoms in total. The van der Waals surface area contributed by atoms with Gasteiger partial charge in [-0.25, -0.2) is 0 Å². The van der Waals surface area contributed by atoms with Gasteiger partial charge >= 0.3 is 0 Å². The lowest BCUT2D eigenvalue weighted by molar-refractivity contribution is 0.0833. The second-order valence-electron chi connectivity index (χ2n) is 5.87. The maximum absolute atomic E-state index is 4.50. The predicted molar refractivity (Wildman–Crippen MR) is 67.8 cm³/mol. The highest BCUT2D eigenvalue weighted by molar-refractivity contribution is 4.88. The molecule has 0 aromatic carbocycles. The summed E-state index contributed by atoms with van der Waals surface area (Å²) in [6.07, 6.45) is 12.2. The standard InChI is InChI=1S/C13H24.CH5N/c1-11-3-7-13(8-4-11)9-5-12(2)6-10-13;1-2/h11-12H,3-10H2,1-2H3;2H2,1H3. The van der Waals surface area contributed by atoms with E-state index in [1.54, 1.807) is 25.7 Å². The number of hydrogen-bond acceptors (Lipinski definition) is 1. The minimum absolute atomic E-state index is 0.818. The summed E-state index contributed by atoms with van der Waals surface area (Å²) >= 11 is 0. The van der Waals surface area contributed by atoms with E-state index in [0.717, 1.165) is 17.3 Å². The van der Waals surface area contributed by atoms with Crippen molar-refractivity contribution in [3.05, 3.63) is 0 Å². The van der Waals surface area contributed by atoms with Gasteiger partial charge in [-0.15, -0.1) is 0 Å². The Morgan fingerprint density at radius 1 is 0.733 bits per heavy atom. The van der Waals surface area contributed by atoms with Gasteiger partial charge < -0.3 is 5.73 Å². The van der Waals surface area contributed by atoms with Gasteiger partial charge in [0.2, 0.25) is 0 Å². The van der Waals surface area contributed by atoms with Crippen LogP contribution in [-0.4, -0.2) is 7.05 Å². The van der Waals surface area contributed by atoms with Crippen LogP contribution < -0.4 is 5.73 Å². The smallest absolute Gasteiger partial charge is 0.0195 e. The molecule has 2 N–H and O–H groups in total. The molecule has 0 saturated heterocycles. The number of nitrogens with two attached hydrogens (primary N) is 1. The topological polar surface area (TPSA) is 26.0 Å². The highest BCUT2D eigenvalue weighted by Gasteiger charge is 2.36. The second-order valence-corrected chi connectivity index (χ2v) is 5.87. The normalized spacial score (nSPS) is 40.8. The first kappa shape index (κ1) is 13.0. The quantitative estimate of drug-likeness (QED) is 0.644. The first-order valence-corrected chi connectivity index (χ1v) is 6.78. The van der Waals surface area contributed by atoms with Crippen LogP contribution in [0.5, 0.6) is 0 Å². The minimum atomic E-state index is 0.818. The van der Waals surface area contributed by atoms with E-state index >= 15 is 0 Å². The maximum Gasteiger partial charge on any atom is -0.0195 e. The van der Waals surface area contributed by atoms with Crippen molar-refractivity contribution in [1.29, 1.82) is 0 Å². The van der Waals surface area contributed by atoms with Gasteiger partial charge in [0, 0.05) is 0 Å². The molecule has 1 spiro atoms. The highest BCUT2D eigenvalue weighted by Crippen LogP contribution is 2.49. The SMILES string of the molecule is CC1CCC2(CC1)CCC(C)CC2.CN. The first-order valence-electron chi connectivity index (χ1n) is 6.78. The lowest BCUT2D eigenvalue weighted by Gasteiger charge is -2.44. The molecule has 0 aliphatic heterocycles. The maximum atomic E-state index is 4.50. The molecule has 90 valence electrons. The Morgan fingerprint density at radius 3 is 1.27 bits per heavy atom. The van der Waals surface area contributed by atoms with E-state index in [2.05, 4.69) is 19.6 Å². The Kier molecular flexibility index (Phi) is 5.11. The van der Waals surface area contributed by atoms with Crippen molar-refractivity contribution in [1.82, 2.24) is 0 Å². The lowest BCUT2D eigenvalue weighted by atomic mass is 9.62. The Hall–Kier alpha value is -0.0400. The van der Waals surface area contributed by atoms with Crippen molar-refractivity contribution >= 4 is 0 Å². The fraction of sp³-hybridized carbons (Fsp3) is 1.00. The first-order chi connectivity index (χ1) is 7.20. The molecule has 0 atom stereocenters. The van der Waals surface area contributed by atoms with Gasteiger partial charge in [-0.3, -0.25) is 0 Å². The van der Waals surface area contributed by atoms with E-state index < -0.39 is 0 Å². The molecule has 2 saturated carbocycles. The Morgan fingerprint density at radius 2 is 1.00 bits per heavy atom. The van der Waals surface area contributed by atoms with Gasteiger partial charge in [0.25, 0.3) is 0 Å². The molecular formula is C14H29N. The summed E-state index contributed by atoms with van der Waals surface area (Å²) in [6, 6.07) is 0. The minimum Gasteiger partial charge on any atom is -0.333 e. The zero-order valence-electron chi connectivity index (χ0n) is 10.9. The molecule has 2 fully saturated rings. The van der Waals surface area contributed by atoms with Crippen molar-refractivity contribution in [3.63, 3.8) is 0 Å². The summed E-state index contributed by atoms with van der Waals surface area (Å²) in [7, 11) is 1.50. The zero-order valence-corrected chi connectivity index (χ0v) is 10.9. The Bertz CT molecular complexity index is 137. The molecular weight excluding hydrogens is 182 g/mol. The van der Waals surface area contributed by atoms with Crippen LogP contribution in [0.15, 0.2) is 0 Å². The Labute approximate surface area is 95.8 Å². The summed E-state index contributed by atoms with van der Waals surface area (Å²) in [5, 5.41) is 0. The van der Waals surface area contributed by atoms with Crippen molar-refractivity contribution in [2.24, 2.45) is 23.0 Å². The van der Waals surface area contributed by atoms with E-state index in [1.807, 2.05) is 0 Å². The molecule has 0 unspecified atom stereocenters. The van der Waals surface area contributed by atoms with Crippen molar-refractivity contribution in [2.45, 2.75) is 65.2 Å². The van der Waals surface area contributed by atoms with Gasteiger partial charge in [0.05, 0.1) is 0 Å². The van der Waals surface area contributed by atoms with Gasteiger partial charge in [0.1, 0.15) is 0 Å². The fourth-order valence-corrected chi connectivity index (χ4v) is 3.25. The van der Waals surface area contributed by atoms with Gasteiger partial charge in [-0.2, -0.15) is 0 Å². The van der Waals surface area contributed by atoms with Gasteiger partial charge in [-0.05, 0) is 50.0 Å². The number of hydrogen-bond donors (Lipinski definition) is 1. The van der Waals surface area contributed by atoms with Gasteiger partial charge in [-0.1, -0.05) is 39.5 Å². The van der Waals surface area contributed by atoms with Crippen molar-refractivity contribution < 1.29 is 0 Å². The van der Waals surface area contributed by atoms with Crippen LogP contribution in [0.25, 0.3) is 0 Å². The zero-order chi connectivity index (χ0) is 11.3. The van der Waals surface area contributed by atoms with Crippen LogP contribution in [0.3, 0.4) is 0 Å². The molecule has 2 aliphatic rings. The summed E-state index contributed by atoms with van der Waals surface area (Å²) < 4.78 is 0. The molecule has 0 amide bonds. The fourth-order valence-electron chi connectivity index (χ4n) is 3.25. The van der Waals surface area contributed by atoms with Crippen molar-refractivity contribution in [2.75, 3.05) is 7.05 Å². The molecule has 2 aliphatic carbocycles. The third-order valence-corrected chi connectivity index (χ3v) is 4.67. The van der Waals surface area contributed by atoms with Crippen LogP contribution in [0.2, 0.25) is 0 Å². The predicted octanol–water partition coefficient (Wildman–Crippen LogP) is 3.97. The third-order valence-electron chi connectivity index (χ3n) is 4.67. The molecule has 0 radical (unpaired) electrons. The average molecular weight is 211 g/mol. The molecule has 0 heterocycles. The summed E-state index contributed by atoms with van der Waals surface area (Å²) in [6.45, 7) is 4.86. The molecule has 0 aromatic heterocycles. The number of rotatable bonds is 0. The van der Waals surface area contributed by atoms with E-state index in [-0.39, 0.29) is 0 Å². The van der Waals surface area contributed by atoms with E-state index in [0.29, 0.717) is 0 Å². The summed E-state index contributed by atoms with van der Waals surface area (Å²) in [5.41, 5.74) is 5.32. The van der Waals surface area contributed by atoms with E-state index in [4.69, 9.17) is 0 Å². The molecule has 0 bridgehead atoms. The van der Waals surface area contributed by atoms with Crippen molar-refractivity contribution in [3.8, 4) is 0 Å². The Balaban J connectivity index is 0.000000531. The molecule has 0 aromatic rings. The molecule has 1 heteroatoms. The summed E-state index contributed by atoms with van der Waals surface area (Å²) in [4.78, 5) is 0. The third kappa shape index (κ3) is 3.48.